The standard InChI is InChI=1S/C31H27ClN6O5S2/c32-24-10-9-22-14-29(44-27(22)15-24)45(42,43)36-12-13-37(25(20-36)16-28(39)38(41)19-21-6-2-1-3-7-21)31(40)30-34-17-23(18-35-30)26-8-4-5-11-33-26/h1-11,14-15,17-18,25,38H,12-13,16,19-20H2. The number of hydroxylamine groups is 2. The van der Waals surface area contributed by atoms with E-state index < -0.39 is 32.9 Å². The molecular formula is C31H27ClN6O5S2. The van der Waals surface area contributed by atoms with Gasteiger partial charge in [-0.3, -0.25) is 9.78 Å². The van der Waals surface area contributed by atoms with Gasteiger partial charge in [-0.15, -0.1) is 11.3 Å². The summed E-state index contributed by atoms with van der Waals surface area (Å²) in [6.07, 6.45) is 4.26. The highest BCUT2D eigenvalue weighted by molar-refractivity contribution is 7.91. The predicted molar refractivity (Wildman–Crippen MR) is 170 cm³/mol. The van der Waals surface area contributed by atoms with Crippen LogP contribution < -0.4 is 5.06 Å². The number of hydrogen-bond donors (Lipinski definition) is 1. The number of piperazine rings is 1. The van der Waals surface area contributed by atoms with Gasteiger partial charge in [0, 0.05) is 59.1 Å². The minimum Gasteiger partial charge on any atom is -0.627 e. The highest BCUT2D eigenvalue weighted by atomic mass is 35.5. The Morgan fingerprint density at radius 1 is 0.978 bits per heavy atom. The van der Waals surface area contributed by atoms with Gasteiger partial charge in [0.05, 0.1) is 18.2 Å². The van der Waals surface area contributed by atoms with E-state index in [1.54, 1.807) is 66.9 Å². The molecular weight excluding hydrogens is 636 g/mol. The summed E-state index contributed by atoms with van der Waals surface area (Å²) in [6, 6.07) is 20.1. The van der Waals surface area contributed by atoms with Crippen LogP contribution in [0.5, 0.6) is 0 Å². The van der Waals surface area contributed by atoms with Crippen LogP contribution in [0.3, 0.4) is 0 Å². The fraction of sp³-hybridized carbons (Fsp3) is 0.194. The molecule has 0 spiro atoms. The number of amides is 2. The Hall–Kier alpha value is -4.11. The molecule has 1 aliphatic rings. The number of carbonyl (C=O) groups excluding carboxylic acids is 2. The van der Waals surface area contributed by atoms with Gasteiger partial charge in [-0.25, -0.2) is 23.2 Å². The molecule has 6 rings (SSSR count). The molecule has 0 saturated carbocycles. The normalized spacial score (nSPS) is 16.5. The fourth-order valence-electron chi connectivity index (χ4n) is 5.16. The number of sulfonamides is 1. The topological polar surface area (TPSA) is 141 Å². The van der Waals surface area contributed by atoms with Crippen LogP contribution in [0.15, 0.2) is 95.6 Å². The monoisotopic (exact) mass is 662 g/mol. The molecule has 0 radical (unpaired) electrons. The summed E-state index contributed by atoms with van der Waals surface area (Å²) in [7, 11) is -3.99. The number of fused-ring (bicyclic) bond motifs is 1. The Balaban J connectivity index is 1.25. The van der Waals surface area contributed by atoms with Crippen LogP contribution in [0.2, 0.25) is 5.02 Å². The maximum Gasteiger partial charge on any atom is 0.314 e. The summed E-state index contributed by atoms with van der Waals surface area (Å²) < 4.78 is 29.7. The molecule has 4 heterocycles. The highest BCUT2D eigenvalue weighted by Gasteiger charge is 2.40. The van der Waals surface area contributed by atoms with E-state index in [0.29, 0.717) is 21.8 Å². The smallest absolute Gasteiger partial charge is 0.314 e. The minimum atomic E-state index is -3.99. The van der Waals surface area contributed by atoms with E-state index in [-0.39, 0.29) is 42.6 Å². The van der Waals surface area contributed by atoms with Crippen LogP contribution in [-0.4, -0.2) is 70.1 Å². The zero-order chi connectivity index (χ0) is 31.6. The van der Waals surface area contributed by atoms with E-state index in [1.807, 2.05) is 12.1 Å². The molecule has 1 fully saturated rings. The Morgan fingerprint density at radius 2 is 1.73 bits per heavy atom. The third kappa shape index (κ3) is 6.78. The second kappa shape index (κ2) is 13.1. The van der Waals surface area contributed by atoms with Gasteiger partial charge in [-0.1, -0.05) is 54.1 Å². The predicted octanol–water partition coefficient (Wildman–Crippen LogP) is 3.42. The maximum absolute atomic E-state index is 13.8. The number of hydrogen-bond acceptors (Lipinski definition) is 9. The van der Waals surface area contributed by atoms with Gasteiger partial charge in [0.1, 0.15) is 10.8 Å². The van der Waals surface area contributed by atoms with Gasteiger partial charge in [0.2, 0.25) is 5.82 Å². The summed E-state index contributed by atoms with van der Waals surface area (Å²) >= 11 is 7.20. The van der Waals surface area contributed by atoms with Gasteiger partial charge < -0.3 is 15.2 Å². The number of carbonyl (C=O) groups is 2. The van der Waals surface area contributed by atoms with Crippen LogP contribution >= 0.6 is 22.9 Å². The first-order valence-corrected chi connectivity index (χ1v) is 16.7. The van der Waals surface area contributed by atoms with Crippen molar-refractivity contribution >= 4 is 54.9 Å². The number of halogens is 1. The molecule has 11 nitrogen and oxygen atoms in total. The molecule has 0 aliphatic carbocycles. The molecule has 45 heavy (non-hydrogen) atoms. The molecule has 5 aromatic rings. The number of nitrogens with zero attached hydrogens (tertiary/aromatic N) is 5. The van der Waals surface area contributed by atoms with Crippen LogP contribution in [0.4, 0.5) is 0 Å². The number of aromatic nitrogens is 3. The molecule has 2 amide bonds. The number of quaternary nitrogens is 1. The first-order chi connectivity index (χ1) is 21.7. The summed E-state index contributed by atoms with van der Waals surface area (Å²) in [4.78, 5) is 41.0. The average molecular weight is 663 g/mol. The molecule has 3 aromatic heterocycles. The van der Waals surface area contributed by atoms with Gasteiger partial charge in [-0.2, -0.15) is 4.31 Å². The van der Waals surface area contributed by atoms with Crippen molar-refractivity contribution in [2.24, 2.45) is 0 Å². The van der Waals surface area contributed by atoms with Crippen LogP contribution in [-0.2, 0) is 21.4 Å². The van der Waals surface area contributed by atoms with Crippen molar-refractivity contribution in [3.63, 3.8) is 0 Å². The Kier molecular flexibility index (Phi) is 8.99. The van der Waals surface area contributed by atoms with E-state index >= 15 is 0 Å². The van der Waals surface area contributed by atoms with Crippen molar-refractivity contribution in [3.05, 3.63) is 113 Å². The summed E-state index contributed by atoms with van der Waals surface area (Å²) in [5.41, 5.74) is 1.94. The molecule has 1 saturated heterocycles. The van der Waals surface area contributed by atoms with Gasteiger partial charge in [0.15, 0.2) is 0 Å². The van der Waals surface area contributed by atoms with Crippen molar-refractivity contribution < 1.29 is 23.1 Å². The van der Waals surface area contributed by atoms with Crippen molar-refractivity contribution in [1.29, 1.82) is 0 Å². The molecule has 2 aromatic carbocycles. The number of nitrogens with one attached hydrogen (secondary N) is 1. The minimum absolute atomic E-state index is 0.0161. The quantitative estimate of drug-likeness (QED) is 0.249. The zero-order valence-corrected chi connectivity index (χ0v) is 26.1. The van der Waals surface area contributed by atoms with E-state index in [1.165, 1.54) is 21.6 Å². The van der Waals surface area contributed by atoms with Crippen molar-refractivity contribution in [1.82, 2.24) is 24.2 Å². The number of benzene rings is 2. The molecule has 2 unspecified atom stereocenters. The van der Waals surface area contributed by atoms with Crippen LogP contribution in [0.25, 0.3) is 21.3 Å². The summed E-state index contributed by atoms with van der Waals surface area (Å²) in [5.74, 6) is -1.37. The lowest BCUT2D eigenvalue weighted by Gasteiger charge is -2.40. The molecule has 14 heteroatoms. The lowest BCUT2D eigenvalue weighted by Crippen LogP contribution is -3.08. The molecule has 0 bridgehead atoms. The zero-order valence-electron chi connectivity index (χ0n) is 23.7. The maximum atomic E-state index is 13.8. The number of thiophene rings is 1. The lowest BCUT2D eigenvalue weighted by atomic mass is 10.1. The van der Waals surface area contributed by atoms with E-state index in [0.717, 1.165) is 21.4 Å². The Bertz CT molecular complexity index is 1940. The number of pyridine rings is 1. The SMILES string of the molecule is O=C(c1ncc(-c2ccccn2)cn1)N1CCN(S(=O)(=O)c2cc3ccc(Cl)cc3s2)CC1CC(=O)[NH+]([O-])Cc1ccccc1. The van der Waals surface area contributed by atoms with E-state index in [4.69, 9.17) is 11.6 Å². The van der Waals surface area contributed by atoms with Crippen molar-refractivity contribution in [2.45, 2.75) is 23.2 Å². The largest absolute Gasteiger partial charge is 0.627 e. The van der Waals surface area contributed by atoms with Gasteiger partial charge in [0.25, 0.3) is 15.9 Å². The third-order valence-corrected chi connectivity index (χ3v) is 11.2. The molecule has 1 N–H and O–H groups in total. The van der Waals surface area contributed by atoms with Crippen molar-refractivity contribution in [2.75, 3.05) is 19.6 Å². The first-order valence-electron chi connectivity index (χ1n) is 14.0. The second-order valence-electron chi connectivity index (χ2n) is 10.5. The van der Waals surface area contributed by atoms with Crippen LogP contribution in [0.1, 0.15) is 22.6 Å². The van der Waals surface area contributed by atoms with Crippen molar-refractivity contribution in [3.8, 4) is 11.3 Å². The Morgan fingerprint density at radius 3 is 2.47 bits per heavy atom. The fourth-order valence-corrected chi connectivity index (χ4v) is 8.46. The summed E-state index contributed by atoms with van der Waals surface area (Å²) in [5, 5.41) is 13.5. The first kappa shape index (κ1) is 30.9. The van der Waals surface area contributed by atoms with Gasteiger partial charge in [-0.05, 0) is 35.7 Å². The molecule has 230 valence electrons. The average Bonchev–Trinajstić information content (AvgIpc) is 3.50. The number of rotatable bonds is 8. The van der Waals surface area contributed by atoms with E-state index in [2.05, 4.69) is 15.0 Å². The highest BCUT2D eigenvalue weighted by Crippen LogP contribution is 2.33. The third-order valence-electron chi connectivity index (χ3n) is 7.50. The second-order valence-corrected chi connectivity index (χ2v) is 14.2. The molecule has 2 atom stereocenters. The van der Waals surface area contributed by atoms with Crippen LogP contribution in [0, 0.1) is 5.21 Å². The van der Waals surface area contributed by atoms with E-state index in [9.17, 15) is 23.2 Å². The lowest BCUT2D eigenvalue weighted by molar-refractivity contribution is -0.780. The molecule has 1 aliphatic heterocycles. The van der Waals surface area contributed by atoms with Gasteiger partial charge >= 0.3 is 5.91 Å². The Labute approximate surface area is 268 Å². The summed E-state index contributed by atoms with van der Waals surface area (Å²) in [6.45, 7) is -0.313.